The van der Waals surface area contributed by atoms with E-state index in [4.69, 9.17) is 4.42 Å². The molecule has 0 spiro atoms. The molecule has 0 amide bonds. The molecule has 2 N–H and O–H groups in total. The van der Waals surface area contributed by atoms with Gasteiger partial charge in [-0.05, 0) is 46.0 Å². The van der Waals surface area contributed by atoms with Crippen LogP contribution in [-0.2, 0) is 6.54 Å². The van der Waals surface area contributed by atoms with Crippen LogP contribution in [-0.4, -0.2) is 52.6 Å². The largest absolute Gasteiger partial charge is 0.469 e. The maximum Gasteiger partial charge on any atom is 0.125 e. The van der Waals surface area contributed by atoms with E-state index in [9.17, 15) is 5.11 Å². The molecule has 0 saturated carbocycles. The van der Waals surface area contributed by atoms with Crippen molar-refractivity contribution in [3.8, 4) is 11.3 Å². The predicted octanol–water partition coefficient (Wildman–Crippen LogP) is 1.95. The third-order valence-corrected chi connectivity index (χ3v) is 4.30. The fourth-order valence-electron chi connectivity index (χ4n) is 2.94. The molecule has 0 atom stereocenters. The number of hydrogen-bond donors (Lipinski definition) is 2. The van der Waals surface area contributed by atoms with Crippen LogP contribution in [0, 0.1) is 6.92 Å². The summed E-state index contributed by atoms with van der Waals surface area (Å²) < 4.78 is 7.21. The van der Waals surface area contributed by atoms with E-state index in [0.717, 1.165) is 48.8 Å². The van der Waals surface area contributed by atoms with Gasteiger partial charge in [-0.2, -0.15) is 5.10 Å². The number of anilines is 1. The number of likely N-dealkylation sites (tertiary alicyclic amines) is 1. The molecular weight excluding hydrogens is 280 g/mol. The van der Waals surface area contributed by atoms with E-state index < -0.39 is 0 Å². The molecule has 0 aliphatic carbocycles. The Morgan fingerprint density at radius 2 is 2.18 bits per heavy atom. The van der Waals surface area contributed by atoms with Crippen LogP contribution >= 0.6 is 0 Å². The fourth-order valence-corrected chi connectivity index (χ4v) is 2.94. The second kappa shape index (κ2) is 6.54. The second-order valence-corrected chi connectivity index (χ2v) is 5.97. The van der Waals surface area contributed by atoms with Crippen molar-refractivity contribution in [3.63, 3.8) is 0 Å². The molecule has 1 fully saturated rings. The lowest BCUT2D eigenvalue weighted by Crippen LogP contribution is -2.37. The molecule has 22 heavy (non-hydrogen) atoms. The highest BCUT2D eigenvalue weighted by Gasteiger charge is 2.19. The zero-order valence-corrected chi connectivity index (χ0v) is 13.2. The van der Waals surface area contributed by atoms with Gasteiger partial charge < -0.3 is 19.7 Å². The van der Waals surface area contributed by atoms with Crippen molar-refractivity contribution in [2.75, 3.05) is 32.1 Å². The number of rotatable bonds is 5. The minimum Gasteiger partial charge on any atom is -0.469 e. The van der Waals surface area contributed by atoms with Crippen LogP contribution in [0.5, 0.6) is 0 Å². The Bertz CT molecular complexity index is 611. The molecule has 1 aliphatic rings. The normalized spacial score (nSPS) is 17.0. The summed E-state index contributed by atoms with van der Waals surface area (Å²) in [5.74, 6) is 1.83. The SMILES string of the molecule is Cc1occc1-c1cc(NC2CCN(C)CC2)n(CCO)n1. The van der Waals surface area contributed by atoms with Crippen molar-refractivity contribution < 1.29 is 9.52 Å². The third-order valence-electron chi connectivity index (χ3n) is 4.30. The Morgan fingerprint density at radius 3 is 2.82 bits per heavy atom. The van der Waals surface area contributed by atoms with Gasteiger partial charge in [-0.1, -0.05) is 0 Å². The molecule has 0 unspecified atom stereocenters. The van der Waals surface area contributed by atoms with E-state index in [1.54, 1.807) is 6.26 Å². The minimum absolute atomic E-state index is 0.0770. The number of nitrogens with zero attached hydrogens (tertiary/aromatic N) is 3. The Labute approximate surface area is 130 Å². The van der Waals surface area contributed by atoms with Gasteiger partial charge in [0.1, 0.15) is 11.6 Å². The highest BCUT2D eigenvalue weighted by atomic mass is 16.3. The molecule has 0 bridgehead atoms. The van der Waals surface area contributed by atoms with E-state index in [1.807, 2.05) is 23.7 Å². The standard InChI is InChI=1S/C16H24N4O2/c1-12-14(5-10-22-12)15-11-16(20(18-15)8-9-21)17-13-3-6-19(2)7-4-13/h5,10-11,13,17,21H,3-4,6-9H2,1-2H3. The van der Waals surface area contributed by atoms with Crippen LogP contribution in [0.1, 0.15) is 18.6 Å². The van der Waals surface area contributed by atoms with Crippen molar-refractivity contribution in [2.24, 2.45) is 0 Å². The monoisotopic (exact) mass is 304 g/mol. The molecule has 1 aliphatic heterocycles. The van der Waals surface area contributed by atoms with E-state index >= 15 is 0 Å². The van der Waals surface area contributed by atoms with Gasteiger partial charge in [0.25, 0.3) is 0 Å². The first-order valence-corrected chi connectivity index (χ1v) is 7.85. The first-order chi connectivity index (χ1) is 10.7. The third kappa shape index (κ3) is 3.18. The topological polar surface area (TPSA) is 66.5 Å². The van der Waals surface area contributed by atoms with Crippen LogP contribution in [0.4, 0.5) is 5.82 Å². The summed E-state index contributed by atoms with van der Waals surface area (Å²) >= 11 is 0. The summed E-state index contributed by atoms with van der Waals surface area (Å²) in [4.78, 5) is 2.35. The minimum atomic E-state index is 0.0770. The zero-order chi connectivity index (χ0) is 15.5. The number of aliphatic hydroxyl groups excluding tert-OH is 1. The lowest BCUT2D eigenvalue weighted by molar-refractivity contribution is 0.260. The summed E-state index contributed by atoms with van der Waals surface area (Å²) in [5.41, 5.74) is 1.89. The van der Waals surface area contributed by atoms with Gasteiger partial charge in [0.2, 0.25) is 0 Å². The molecule has 120 valence electrons. The van der Waals surface area contributed by atoms with E-state index in [1.165, 1.54) is 0 Å². The van der Waals surface area contributed by atoms with Gasteiger partial charge in [0.15, 0.2) is 0 Å². The van der Waals surface area contributed by atoms with E-state index in [0.29, 0.717) is 12.6 Å². The van der Waals surface area contributed by atoms with Gasteiger partial charge in [0, 0.05) is 17.7 Å². The number of furan rings is 1. The van der Waals surface area contributed by atoms with Crippen molar-refractivity contribution in [2.45, 2.75) is 32.4 Å². The highest BCUT2D eigenvalue weighted by Crippen LogP contribution is 2.27. The van der Waals surface area contributed by atoms with Crippen molar-refractivity contribution in [3.05, 3.63) is 24.2 Å². The highest BCUT2D eigenvalue weighted by molar-refractivity contribution is 5.64. The summed E-state index contributed by atoms with van der Waals surface area (Å²) in [6, 6.07) is 4.44. The van der Waals surface area contributed by atoms with Crippen molar-refractivity contribution >= 4 is 5.82 Å². The lowest BCUT2D eigenvalue weighted by Gasteiger charge is -2.30. The number of aryl methyl sites for hydroxylation is 1. The number of aromatic nitrogens is 2. The summed E-state index contributed by atoms with van der Waals surface area (Å²) in [6.45, 7) is 4.73. The van der Waals surface area contributed by atoms with Crippen LogP contribution in [0.15, 0.2) is 22.8 Å². The molecule has 0 radical (unpaired) electrons. The maximum atomic E-state index is 9.27. The maximum absolute atomic E-state index is 9.27. The van der Waals surface area contributed by atoms with Crippen LogP contribution in [0.25, 0.3) is 11.3 Å². The lowest BCUT2D eigenvalue weighted by atomic mass is 10.1. The molecule has 6 heteroatoms. The molecule has 3 rings (SSSR count). The van der Waals surface area contributed by atoms with Crippen LogP contribution < -0.4 is 5.32 Å². The van der Waals surface area contributed by atoms with Gasteiger partial charge >= 0.3 is 0 Å². The molecule has 2 aromatic heterocycles. The van der Waals surface area contributed by atoms with E-state index in [-0.39, 0.29) is 6.61 Å². The molecule has 1 saturated heterocycles. The van der Waals surface area contributed by atoms with Gasteiger partial charge in [-0.3, -0.25) is 0 Å². The fraction of sp³-hybridized carbons (Fsp3) is 0.562. The summed E-state index contributed by atoms with van der Waals surface area (Å²) in [5, 5.41) is 17.5. The molecule has 3 heterocycles. The Kier molecular flexibility index (Phi) is 4.49. The van der Waals surface area contributed by atoms with Crippen molar-refractivity contribution in [1.82, 2.24) is 14.7 Å². The van der Waals surface area contributed by atoms with Gasteiger partial charge in [-0.15, -0.1) is 0 Å². The smallest absolute Gasteiger partial charge is 0.125 e. The molecule has 0 aromatic carbocycles. The summed E-state index contributed by atoms with van der Waals surface area (Å²) in [6.07, 6.45) is 3.93. The quantitative estimate of drug-likeness (QED) is 0.884. The van der Waals surface area contributed by atoms with E-state index in [2.05, 4.69) is 22.4 Å². The number of hydrogen-bond acceptors (Lipinski definition) is 5. The van der Waals surface area contributed by atoms with Crippen LogP contribution in [0.3, 0.4) is 0 Å². The second-order valence-electron chi connectivity index (χ2n) is 5.97. The Hall–Kier alpha value is -1.79. The molecular formula is C16H24N4O2. The number of nitrogens with one attached hydrogen (secondary N) is 1. The molecule has 6 nitrogen and oxygen atoms in total. The van der Waals surface area contributed by atoms with Gasteiger partial charge in [-0.25, -0.2) is 4.68 Å². The molecule has 2 aromatic rings. The number of aliphatic hydroxyl groups is 1. The van der Waals surface area contributed by atoms with Crippen molar-refractivity contribution in [1.29, 1.82) is 0 Å². The Balaban J connectivity index is 1.80. The average molecular weight is 304 g/mol. The predicted molar refractivity (Wildman–Crippen MR) is 85.9 cm³/mol. The first kappa shape index (κ1) is 15.1. The van der Waals surface area contributed by atoms with Crippen LogP contribution in [0.2, 0.25) is 0 Å². The Morgan fingerprint density at radius 1 is 1.41 bits per heavy atom. The first-order valence-electron chi connectivity index (χ1n) is 7.85. The van der Waals surface area contributed by atoms with Gasteiger partial charge in [0.05, 0.1) is 25.1 Å². The number of piperidine rings is 1. The zero-order valence-electron chi connectivity index (χ0n) is 13.2. The summed E-state index contributed by atoms with van der Waals surface area (Å²) in [7, 11) is 2.16. The average Bonchev–Trinajstić information content (AvgIpc) is 3.09.